The first-order valence-electron chi connectivity index (χ1n) is 17.6. The van der Waals surface area contributed by atoms with E-state index in [2.05, 4.69) is 191 Å². The van der Waals surface area contributed by atoms with Crippen molar-refractivity contribution in [3.05, 3.63) is 194 Å². The fraction of sp³-hybridized carbons (Fsp3) is 0. The summed E-state index contributed by atoms with van der Waals surface area (Å²) < 4.78 is 4.40. The van der Waals surface area contributed by atoms with Crippen molar-refractivity contribution in [3.63, 3.8) is 0 Å². The van der Waals surface area contributed by atoms with Gasteiger partial charge in [-0.15, -0.1) is 0 Å². The van der Waals surface area contributed by atoms with Gasteiger partial charge in [0.05, 0.1) is 22.2 Å². The summed E-state index contributed by atoms with van der Waals surface area (Å²) in [4.78, 5) is 5.04. The molecule has 244 valence electrons. The van der Waals surface area contributed by atoms with Gasteiger partial charge in [0.2, 0.25) is 0 Å². The summed E-state index contributed by atoms with van der Waals surface area (Å²) in [5.74, 6) is 0.931. The molecule has 0 N–H and O–H groups in total. The lowest BCUT2D eigenvalue weighted by Gasteiger charge is -2.12. The van der Waals surface area contributed by atoms with Gasteiger partial charge in [0.1, 0.15) is 11.5 Å². The van der Waals surface area contributed by atoms with E-state index in [4.69, 9.17) is 10.1 Å². The Morgan fingerprint density at radius 1 is 0.423 bits per heavy atom. The van der Waals surface area contributed by atoms with E-state index in [9.17, 15) is 0 Å². The van der Waals surface area contributed by atoms with E-state index in [0.29, 0.717) is 0 Å². The van der Waals surface area contributed by atoms with Crippen molar-refractivity contribution in [2.45, 2.75) is 0 Å². The average molecular weight is 665 g/mol. The first kappa shape index (κ1) is 29.8. The number of imidazole rings is 1. The van der Waals surface area contributed by atoms with Crippen LogP contribution in [0.3, 0.4) is 0 Å². The summed E-state index contributed by atoms with van der Waals surface area (Å²) in [6.45, 7) is 0. The zero-order valence-electron chi connectivity index (χ0n) is 28.3. The number of hydrogen-bond acceptors (Lipinski definition) is 2. The van der Waals surface area contributed by atoms with Crippen molar-refractivity contribution in [1.82, 2.24) is 19.2 Å². The largest absolute Gasteiger partial charge is 0.292 e. The number of pyridine rings is 1. The highest BCUT2D eigenvalue weighted by Crippen LogP contribution is 2.42. The van der Waals surface area contributed by atoms with Gasteiger partial charge in [-0.3, -0.25) is 4.57 Å². The minimum absolute atomic E-state index is 0.931. The fourth-order valence-corrected chi connectivity index (χ4v) is 7.50. The Balaban J connectivity index is 1.15. The van der Waals surface area contributed by atoms with Crippen LogP contribution in [0.15, 0.2) is 194 Å². The van der Waals surface area contributed by atoms with E-state index in [0.717, 1.165) is 78.4 Å². The smallest absolute Gasteiger partial charge is 0.145 e. The summed E-state index contributed by atoms with van der Waals surface area (Å²) in [6, 6.07) is 68.5. The normalized spacial score (nSPS) is 11.5. The van der Waals surface area contributed by atoms with Gasteiger partial charge < -0.3 is 0 Å². The van der Waals surface area contributed by atoms with Crippen molar-refractivity contribution >= 4 is 27.3 Å². The van der Waals surface area contributed by atoms with Gasteiger partial charge in [-0.25, -0.2) is 9.50 Å². The topological polar surface area (TPSA) is 35.1 Å². The van der Waals surface area contributed by atoms with E-state index in [1.807, 2.05) is 12.1 Å². The highest BCUT2D eigenvalue weighted by atomic mass is 15.2. The predicted molar refractivity (Wildman–Crippen MR) is 215 cm³/mol. The van der Waals surface area contributed by atoms with E-state index in [-0.39, 0.29) is 0 Å². The van der Waals surface area contributed by atoms with E-state index in [1.54, 1.807) is 0 Å². The Morgan fingerprint density at radius 3 is 1.81 bits per heavy atom. The molecule has 0 radical (unpaired) electrons. The number of benzene rings is 7. The maximum Gasteiger partial charge on any atom is 0.145 e. The summed E-state index contributed by atoms with van der Waals surface area (Å²) in [6.07, 6.45) is 0. The second-order valence-electron chi connectivity index (χ2n) is 13.1. The summed E-state index contributed by atoms with van der Waals surface area (Å²) in [7, 11) is 0. The average Bonchev–Trinajstić information content (AvgIpc) is 3.82. The summed E-state index contributed by atoms with van der Waals surface area (Å²) in [5, 5.41) is 7.75. The van der Waals surface area contributed by atoms with E-state index in [1.165, 1.54) is 10.8 Å². The molecule has 0 aliphatic rings. The van der Waals surface area contributed by atoms with Crippen LogP contribution < -0.4 is 0 Å². The van der Waals surface area contributed by atoms with Gasteiger partial charge in [0, 0.05) is 33.3 Å². The molecule has 10 aromatic rings. The molecule has 0 aliphatic heterocycles. The Labute approximate surface area is 301 Å². The first-order chi connectivity index (χ1) is 25.8. The van der Waals surface area contributed by atoms with Crippen molar-refractivity contribution < 1.29 is 0 Å². The van der Waals surface area contributed by atoms with Crippen LogP contribution in [0.4, 0.5) is 0 Å². The lowest BCUT2D eigenvalue weighted by molar-refractivity contribution is 0.979. The lowest BCUT2D eigenvalue weighted by atomic mass is 9.94. The molecule has 52 heavy (non-hydrogen) atoms. The second-order valence-corrected chi connectivity index (χ2v) is 13.1. The monoisotopic (exact) mass is 664 g/mol. The van der Waals surface area contributed by atoms with Crippen LogP contribution in [0.5, 0.6) is 0 Å². The van der Waals surface area contributed by atoms with Gasteiger partial charge in [-0.05, 0) is 58.5 Å². The number of para-hydroxylation sites is 2. The molecule has 0 saturated carbocycles. The number of fused-ring (bicyclic) bond motifs is 4. The molecule has 3 heterocycles. The van der Waals surface area contributed by atoms with Crippen LogP contribution in [-0.4, -0.2) is 19.2 Å². The highest BCUT2D eigenvalue weighted by molar-refractivity contribution is 6.08. The molecule has 0 amide bonds. The molecule has 10 rings (SSSR count). The van der Waals surface area contributed by atoms with Gasteiger partial charge in [-0.1, -0.05) is 158 Å². The molecule has 4 nitrogen and oxygen atoms in total. The zero-order valence-corrected chi connectivity index (χ0v) is 28.3. The Hall–Kier alpha value is -7.04. The van der Waals surface area contributed by atoms with Crippen LogP contribution in [0.2, 0.25) is 0 Å². The Bertz CT molecular complexity index is 2870. The van der Waals surface area contributed by atoms with Crippen molar-refractivity contribution in [2.75, 3.05) is 0 Å². The molecule has 4 heteroatoms. The Morgan fingerprint density at radius 2 is 1.04 bits per heavy atom. The molecular weight excluding hydrogens is 633 g/mol. The fourth-order valence-electron chi connectivity index (χ4n) is 7.50. The van der Waals surface area contributed by atoms with Gasteiger partial charge in [-0.2, -0.15) is 5.10 Å². The number of aromatic nitrogens is 4. The standard InChI is InChI=1S/C48H32N4/c1-4-15-34(16-5-1)44-32-38-21-10-11-24-41(38)47-45(46(50-52(44)47)35-17-6-2-7-18-35)39-23-14-22-37(31-39)33-27-29-40(30-28-33)51-43-26-13-12-25-42(43)49-48(51)36-19-8-3-9-20-36/h1-32H. The first-order valence-corrected chi connectivity index (χ1v) is 17.6. The van der Waals surface area contributed by atoms with Gasteiger partial charge in [0.25, 0.3) is 0 Å². The molecule has 0 fully saturated rings. The van der Waals surface area contributed by atoms with Crippen molar-refractivity contribution in [1.29, 1.82) is 0 Å². The third-order valence-electron chi connectivity index (χ3n) is 9.94. The number of hydrogen-bond donors (Lipinski definition) is 0. The zero-order chi connectivity index (χ0) is 34.4. The van der Waals surface area contributed by atoms with Gasteiger partial charge in [0.15, 0.2) is 0 Å². The molecule has 7 aromatic carbocycles. The van der Waals surface area contributed by atoms with Crippen LogP contribution in [0.1, 0.15) is 0 Å². The summed E-state index contributed by atoms with van der Waals surface area (Å²) >= 11 is 0. The molecule has 0 unspecified atom stereocenters. The molecule has 0 spiro atoms. The molecule has 3 aromatic heterocycles. The van der Waals surface area contributed by atoms with Crippen LogP contribution in [0, 0.1) is 0 Å². The maximum absolute atomic E-state index is 5.39. The van der Waals surface area contributed by atoms with Crippen molar-refractivity contribution in [2.24, 2.45) is 0 Å². The minimum Gasteiger partial charge on any atom is -0.292 e. The Kier molecular flexibility index (Phi) is 7.10. The van der Waals surface area contributed by atoms with E-state index >= 15 is 0 Å². The molecule has 0 aliphatic carbocycles. The maximum atomic E-state index is 5.39. The number of nitrogens with zero attached hydrogens (tertiary/aromatic N) is 4. The van der Waals surface area contributed by atoms with Crippen LogP contribution in [0.25, 0.3) is 89.2 Å². The third kappa shape index (κ3) is 5.00. The number of rotatable bonds is 6. The third-order valence-corrected chi connectivity index (χ3v) is 9.94. The molecular formula is C48H32N4. The highest BCUT2D eigenvalue weighted by Gasteiger charge is 2.22. The summed E-state index contributed by atoms with van der Waals surface area (Å²) in [5.41, 5.74) is 14.1. The quantitative estimate of drug-likeness (QED) is 0.177. The van der Waals surface area contributed by atoms with E-state index < -0.39 is 0 Å². The molecule has 0 bridgehead atoms. The van der Waals surface area contributed by atoms with Crippen LogP contribution in [-0.2, 0) is 0 Å². The van der Waals surface area contributed by atoms with Crippen molar-refractivity contribution in [3.8, 4) is 61.8 Å². The lowest BCUT2D eigenvalue weighted by Crippen LogP contribution is -1.97. The molecule has 0 atom stereocenters. The van der Waals surface area contributed by atoms with Crippen LogP contribution >= 0.6 is 0 Å². The minimum atomic E-state index is 0.931. The SMILES string of the molecule is c1ccc(-c2nn3c(-c4ccccc4)cc4ccccc4c3c2-c2cccc(-c3ccc(-n4c(-c5ccccc5)nc5ccccc54)cc3)c2)cc1. The molecule has 0 saturated heterocycles. The predicted octanol–water partition coefficient (Wildman–Crippen LogP) is 12.2. The second kappa shape index (κ2) is 12.4. The van der Waals surface area contributed by atoms with Gasteiger partial charge >= 0.3 is 0 Å².